The molecule has 0 bridgehead atoms. The van der Waals surface area contributed by atoms with E-state index in [1.807, 2.05) is 6.92 Å². The largest absolute Gasteiger partial charge is 0.309 e. The van der Waals surface area contributed by atoms with Crippen molar-refractivity contribution in [2.24, 2.45) is 0 Å². The molecule has 1 N–H and O–H groups in total. The number of anilines is 1. The molecule has 0 atom stereocenters. The molecule has 0 aromatic heterocycles. The highest BCUT2D eigenvalue weighted by atomic mass is 19.1. The van der Waals surface area contributed by atoms with Crippen LogP contribution in [-0.4, -0.2) is 25.0 Å². The summed E-state index contributed by atoms with van der Waals surface area (Å²) in [6.45, 7) is 2.61. The zero-order valence-corrected chi connectivity index (χ0v) is 9.95. The topological polar surface area (TPSA) is 32.3 Å². The van der Waals surface area contributed by atoms with Crippen LogP contribution in [0.2, 0.25) is 0 Å². The van der Waals surface area contributed by atoms with Crippen LogP contribution in [0.3, 0.4) is 0 Å². The molecule has 17 heavy (non-hydrogen) atoms. The summed E-state index contributed by atoms with van der Waals surface area (Å²) in [5.41, 5.74) is 0.359. The van der Waals surface area contributed by atoms with E-state index in [1.54, 1.807) is 18.2 Å². The summed E-state index contributed by atoms with van der Waals surface area (Å²) in [5.74, 6) is -0.432. The molecule has 1 saturated carbocycles. The van der Waals surface area contributed by atoms with Gasteiger partial charge in [0.05, 0.1) is 12.2 Å². The minimum atomic E-state index is -0.353. The van der Waals surface area contributed by atoms with Crippen molar-refractivity contribution in [3.8, 4) is 0 Å². The van der Waals surface area contributed by atoms with E-state index in [9.17, 15) is 9.18 Å². The van der Waals surface area contributed by atoms with E-state index in [0.717, 1.165) is 12.8 Å². The second kappa shape index (κ2) is 5.27. The minimum absolute atomic E-state index is 0.0792. The lowest BCUT2D eigenvalue weighted by Crippen LogP contribution is -2.39. The number of hydrogen-bond donors (Lipinski definition) is 1. The number of nitrogens with zero attached hydrogens (tertiary/aromatic N) is 1. The van der Waals surface area contributed by atoms with Gasteiger partial charge in [0.15, 0.2) is 0 Å². The Bertz CT molecular complexity index is 404. The third-order valence-electron chi connectivity index (χ3n) is 2.88. The molecule has 0 aliphatic heterocycles. The predicted molar refractivity (Wildman–Crippen MR) is 65.5 cm³/mol. The first-order valence-electron chi connectivity index (χ1n) is 6.00. The van der Waals surface area contributed by atoms with Crippen LogP contribution in [-0.2, 0) is 4.79 Å². The van der Waals surface area contributed by atoms with Gasteiger partial charge in [0.25, 0.3) is 0 Å². The summed E-state index contributed by atoms with van der Waals surface area (Å²) in [5, 5.41) is 3.15. The fourth-order valence-electron chi connectivity index (χ4n) is 1.77. The van der Waals surface area contributed by atoms with Crippen LogP contribution < -0.4 is 10.2 Å². The Labute approximate surface area is 101 Å². The van der Waals surface area contributed by atoms with E-state index >= 15 is 0 Å². The number of benzene rings is 1. The molecule has 0 heterocycles. The van der Waals surface area contributed by atoms with Crippen LogP contribution in [0.4, 0.5) is 10.1 Å². The molecule has 3 nitrogen and oxygen atoms in total. The van der Waals surface area contributed by atoms with E-state index < -0.39 is 0 Å². The fraction of sp³-hybridized carbons (Fsp3) is 0.462. The first-order valence-corrected chi connectivity index (χ1v) is 6.00. The second-order valence-corrected chi connectivity index (χ2v) is 4.24. The van der Waals surface area contributed by atoms with Crippen molar-refractivity contribution in [1.29, 1.82) is 0 Å². The number of likely N-dealkylation sites (N-methyl/N-ethyl adjacent to an activating group) is 1. The van der Waals surface area contributed by atoms with Gasteiger partial charge in [0, 0.05) is 12.6 Å². The molecule has 1 aliphatic carbocycles. The van der Waals surface area contributed by atoms with E-state index in [-0.39, 0.29) is 18.3 Å². The molecule has 4 heteroatoms. The smallest absolute Gasteiger partial charge is 0.241 e. The first kappa shape index (κ1) is 12.0. The van der Waals surface area contributed by atoms with E-state index in [0.29, 0.717) is 18.3 Å². The van der Waals surface area contributed by atoms with Gasteiger partial charge >= 0.3 is 0 Å². The molecule has 92 valence electrons. The van der Waals surface area contributed by atoms with Crippen molar-refractivity contribution < 1.29 is 9.18 Å². The SMILES string of the molecule is CCN(C(=O)CNC1CC1)c1ccccc1F. The number of para-hydroxylation sites is 1. The summed E-state index contributed by atoms with van der Waals surface area (Å²) >= 11 is 0. The highest BCUT2D eigenvalue weighted by Crippen LogP contribution is 2.20. The van der Waals surface area contributed by atoms with Gasteiger partial charge in [-0.3, -0.25) is 4.79 Å². The summed E-state index contributed by atoms with van der Waals surface area (Å²) in [6.07, 6.45) is 2.28. The average Bonchev–Trinajstić information content (AvgIpc) is 3.14. The van der Waals surface area contributed by atoms with Crippen LogP contribution in [0.5, 0.6) is 0 Å². The maximum atomic E-state index is 13.6. The lowest BCUT2D eigenvalue weighted by molar-refractivity contribution is -0.117. The number of carbonyl (C=O) groups excluding carboxylic acids is 1. The molecule has 1 aromatic carbocycles. The van der Waals surface area contributed by atoms with Gasteiger partial charge in [-0.15, -0.1) is 0 Å². The summed E-state index contributed by atoms with van der Waals surface area (Å²) in [6, 6.07) is 6.86. The summed E-state index contributed by atoms with van der Waals surface area (Å²) < 4.78 is 13.6. The van der Waals surface area contributed by atoms with Crippen LogP contribution in [0.25, 0.3) is 0 Å². The van der Waals surface area contributed by atoms with Crippen LogP contribution in [0.1, 0.15) is 19.8 Å². The number of halogens is 1. The van der Waals surface area contributed by atoms with Crippen molar-refractivity contribution in [2.45, 2.75) is 25.8 Å². The van der Waals surface area contributed by atoms with Crippen molar-refractivity contribution in [1.82, 2.24) is 5.32 Å². The van der Waals surface area contributed by atoms with E-state index in [4.69, 9.17) is 0 Å². The maximum absolute atomic E-state index is 13.6. The van der Waals surface area contributed by atoms with Crippen LogP contribution in [0.15, 0.2) is 24.3 Å². The van der Waals surface area contributed by atoms with Gasteiger partial charge in [-0.25, -0.2) is 4.39 Å². The third kappa shape index (κ3) is 3.03. The van der Waals surface area contributed by atoms with Crippen LogP contribution in [0, 0.1) is 5.82 Å². The number of amides is 1. The number of carbonyl (C=O) groups is 1. The van der Waals surface area contributed by atoms with Gasteiger partial charge in [0.2, 0.25) is 5.91 Å². The first-order chi connectivity index (χ1) is 8.22. The molecule has 1 aromatic rings. The lowest BCUT2D eigenvalue weighted by atomic mass is 10.2. The van der Waals surface area contributed by atoms with Crippen LogP contribution >= 0.6 is 0 Å². The van der Waals surface area contributed by atoms with Crippen molar-refractivity contribution >= 4 is 11.6 Å². The number of rotatable bonds is 5. The van der Waals surface area contributed by atoms with Crippen molar-refractivity contribution in [3.63, 3.8) is 0 Å². The zero-order chi connectivity index (χ0) is 12.3. The highest BCUT2D eigenvalue weighted by molar-refractivity contribution is 5.94. The average molecular weight is 236 g/mol. The Hall–Kier alpha value is -1.42. The predicted octanol–water partition coefficient (Wildman–Crippen LogP) is 1.93. The molecule has 0 spiro atoms. The monoisotopic (exact) mass is 236 g/mol. The Kier molecular flexibility index (Phi) is 3.74. The van der Waals surface area contributed by atoms with E-state index in [1.165, 1.54) is 11.0 Å². The van der Waals surface area contributed by atoms with Gasteiger partial charge in [-0.05, 0) is 31.9 Å². The number of nitrogens with one attached hydrogen (secondary N) is 1. The maximum Gasteiger partial charge on any atom is 0.241 e. The molecule has 1 aliphatic rings. The summed E-state index contributed by atoms with van der Waals surface area (Å²) in [7, 11) is 0. The Balaban J connectivity index is 2.03. The molecule has 0 saturated heterocycles. The molecule has 1 fully saturated rings. The molecule has 1 amide bonds. The van der Waals surface area contributed by atoms with Gasteiger partial charge < -0.3 is 10.2 Å². The standard InChI is InChI=1S/C13H17FN2O/c1-2-16(12-6-4-3-5-11(12)14)13(17)9-15-10-7-8-10/h3-6,10,15H,2,7-9H2,1H3. The zero-order valence-electron chi connectivity index (χ0n) is 9.95. The van der Waals surface area contributed by atoms with E-state index in [2.05, 4.69) is 5.32 Å². The van der Waals surface area contributed by atoms with Gasteiger partial charge in [-0.1, -0.05) is 12.1 Å². The van der Waals surface area contributed by atoms with Gasteiger partial charge in [-0.2, -0.15) is 0 Å². The lowest BCUT2D eigenvalue weighted by Gasteiger charge is -2.21. The fourth-order valence-corrected chi connectivity index (χ4v) is 1.77. The minimum Gasteiger partial charge on any atom is -0.309 e. The quantitative estimate of drug-likeness (QED) is 0.847. The summed E-state index contributed by atoms with van der Waals surface area (Å²) in [4.78, 5) is 13.4. The Morgan fingerprint density at radius 2 is 2.18 bits per heavy atom. The second-order valence-electron chi connectivity index (χ2n) is 4.24. The van der Waals surface area contributed by atoms with Gasteiger partial charge in [0.1, 0.15) is 5.82 Å². The van der Waals surface area contributed by atoms with Crippen molar-refractivity contribution in [3.05, 3.63) is 30.1 Å². The molecular weight excluding hydrogens is 219 g/mol. The molecule has 0 radical (unpaired) electrons. The molecule has 2 rings (SSSR count). The highest BCUT2D eigenvalue weighted by Gasteiger charge is 2.23. The Morgan fingerprint density at radius 1 is 1.47 bits per heavy atom. The molecular formula is C13H17FN2O. The number of hydrogen-bond acceptors (Lipinski definition) is 2. The normalized spacial score (nSPS) is 14.7. The Morgan fingerprint density at radius 3 is 2.76 bits per heavy atom. The third-order valence-corrected chi connectivity index (χ3v) is 2.88. The van der Waals surface area contributed by atoms with Crippen molar-refractivity contribution in [2.75, 3.05) is 18.0 Å². The molecule has 0 unspecified atom stereocenters.